The number of rotatable bonds is 4. The molecule has 2 rings (SSSR count). The number of halogens is 1. The summed E-state index contributed by atoms with van der Waals surface area (Å²) in [5, 5.41) is 6.99. The number of thiocarbonyl (C=S) groups is 1. The molecule has 0 spiro atoms. The molecular weight excluding hydrogens is 317 g/mol. The summed E-state index contributed by atoms with van der Waals surface area (Å²) in [6.45, 7) is 0. The van der Waals surface area contributed by atoms with Gasteiger partial charge < -0.3 is 10.1 Å². The average molecular weight is 331 g/mol. The molecule has 5 nitrogen and oxygen atoms in total. The second kappa shape index (κ2) is 8.00. The molecule has 0 saturated carbocycles. The topological polar surface area (TPSA) is 62.7 Å². The highest BCUT2D eigenvalue weighted by Crippen LogP contribution is 2.10. The zero-order chi connectivity index (χ0) is 16.7. The number of benzene rings is 2. The maximum Gasteiger partial charge on any atom is 0.337 e. The first-order valence-electron chi connectivity index (χ1n) is 6.63. The lowest BCUT2D eigenvalue weighted by Gasteiger charge is -2.07. The molecule has 0 unspecified atom stereocenters. The van der Waals surface area contributed by atoms with Gasteiger partial charge in [-0.25, -0.2) is 9.18 Å². The van der Waals surface area contributed by atoms with Gasteiger partial charge in [0.05, 0.1) is 18.9 Å². The molecule has 0 amide bonds. The van der Waals surface area contributed by atoms with E-state index in [0.29, 0.717) is 16.8 Å². The van der Waals surface area contributed by atoms with Gasteiger partial charge in [0.2, 0.25) is 0 Å². The van der Waals surface area contributed by atoms with Gasteiger partial charge in [0.25, 0.3) is 0 Å². The Kier molecular flexibility index (Phi) is 5.76. The van der Waals surface area contributed by atoms with Crippen molar-refractivity contribution < 1.29 is 13.9 Å². The van der Waals surface area contributed by atoms with Crippen molar-refractivity contribution in [2.75, 3.05) is 12.4 Å². The van der Waals surface area contributed by atoms with Gasteiger partial charge in [-0.05, 0) is 42.5 Å². The van der Waals surface area contributed by atoms with Crippen LogP contribution in [-0.2, 0) is 4.74 Å². The third kappa shape index (κ3) is 4.86. The Morgan fingerprint density at radius 1 is 1.22 bits per heavy atom. The third-order valence-corrected chi connectivity index (χ3v) is 3.03. The van der Waals surface area contributed by atoms with E-state index >= 15 is 0 Å². The normalized spacial score (nSPS) is 10.3. The lowest BCUT2D eigenvalue weighted by Crippen LogP contribution is -2.23. The third-order valence-electron chi connectivity index (χ3n) is 2.84. The van der Waals surface area contributed by atoms with Crippen LogP contribution in [-0.4, -0.2) is 24.4 Å². The van der Waals surface area contributed by atoms with Crippen LogP contribution in [0.1, 0.15) is 15.9 Å². The summed E-state index contributed by atoms with van der Waals surface area (Å²) >= 11 is 5.07. The summed E-state index contributed by atoms with van der Waals surface area (Å²) in [7, 11) is 1.32. The van der Waals surface area contributed by atoms with E-state index in [-0.39, 0.29) is 10.9 Å². The lowest BCUT2D eigenvalue weighted by atomic mass is 10.2. The number of methoxy groups -OCH3 is 1. The van der Waals surface area contributed by atoms with Crippen LogP contribution >= 0.6 is 12.2 Å². The first-order chi connectivity index (χ1) is 11.1. The number of esters is 1. The van der Waals surface area contributed by atoms with Gasteiger partial charge in [-0.1, -0.05) is 18.2 Å². The Hall–Kier alpha value is -2.80. The molecule has 0 aliphatic rings. The van der Waals surface area contributed by atoms with Gasteiger partial charge in [0, 0.05) is 11.3 Å². The number of carbonyl (C=O) groups excluding carboxylic acids is 1. The van der Waals surface area contributed by atoms with Crippen LogP contribution in [0.5, 0.6) is 0 Å². The average Bonchev–Trinajstić information content (AvgIpc) is 2.56. The van der Waals surface area contributed by atoms with E-state index < -0.39 is 5.97 Å². The van der Waals surface area contributed by atoms with E-state index in [1.807, 2.05) is 0 Å². The SMILES string of the molecule is COC(=O)c1ccc(NC(=S)N/N=C/c2ccccc2F)cc1. The Bertz CT molecular complexity index is 732. The Labute approximate surface area is 138 Å². The molecule has 2 aromatic carbocycles. The van der Waals surface area contributed by atoms with E-state index in [9.17, 15) is 9.18 Å². The largest absolute Gasteiger partial charge is 0.465 e. The van der Waals surface area contributed by atoms with Crippen LogP contribution in [0.15, 0.2) is 53.6 Å². The Morgan fingerprint density at radius 3 is 2.57 bits per heavy atom. The van der Waals surface area contributed by atoms with Crippen molar-refractivity contribution in [3.05, 3.63) is 65.5 Å². The van der Waals surface area contributed by atoms with E-state index in [2.05, 4.69) is 20.6 Å². The fraction of sp³-hybridized carbons (Fsp3) is 0.0625. The molecule has 2 N–H and O–H groups in total. The monoisotopic (exact) mass is 331 g/mol. The summed E-state index contributed by atoms with van der Waals surface area (Å²) < 4.78 is 18.0. The van der Waals surface area contributed by atoms with Gasteiger partial charge in [0.15, 0.2) is 5.11 Å². The quantitative estimate of drug-likeness (QED) is 0.390. The number of nitrogens with zero attached hydrogens (tertiary/aromatic N) is 1. The van der Waals surface area contributed by atoms with Crippen LogP contribution in [0.25, 0.3) is 0 Å². The number of ether oxygens (including phenoxy) is 1. The van der Waals surface area contributed by atoms with E-state index in [0.717, 1.165) is 0 Å². The molecule has 0 saturated heterocycles. The van der Waals surface area contributed by atoms with Crippen molar-refractivity contribution in [2.45, 2.75) is 0 Å². The summed E-state index contributed by atoms with van der Waals surface area (Å²) in [4.78, 5) is 11.3. The van der Waals surface area contributed by atoms with Gasteiger partial charge in [-0.2, -0.15) is 5.10 Å². The highest BCUT2D eigenvalue weighted by molar-refractivity contribution is 7.80. The van der Waals surface area contributed by atoms with Crippen molar-refractivity contribution >= 4 is 35.2 Å². The molecule has 0 radical (unpaired) electrons. The second-order valence-electron chi connectivity index (χ2n) is 4.41. The number of carbonyl (C=O) groups is 1. The first-order valence-corrected chi connectivity index (χ1v) is 7.04. The second-order valence-corrected chi connectivity index (χ2v) is 4.82. The highest BCUT2D eigenvalue weighted by Gasteiger charge is 2.04. The Morgan fingerprint density at radius 2 is 1.91 bits per heavy atom. The number of hydrazone groups is 1. The number of hydrogen-bond donors (Lipinski definition) is 2. The van der Waals surface area contributed by atoms with Crippen LogP contribution in [0.2, 0.25) is 0 Å². The number of hydrogen-bond acceptors (Lipinski definition) is 4. The van der Waals surface area contributed by atoms with Crippen molar-refractivity contribution in [2.24, 2.45) is 5.10 Å². The molecular formula is C16H14FN3O2S. The first kappa shape index (κ1) is 16.6. The minimum Gasteiger partial charge on any atom is -0.465 e. The fourth-order valence-corrected chi connectivity index (χ4v) is 1.88. The summed E-state index contributed by atoms with van der Waals surface area (Å²) in [5.41, 5.74) is 4.06. The Balaban J connectivity index is 1.90. The molecule has 0 aromatic heterocycles. The molecule has 0 fully saturated rings. The summed E-state index contributed by atoms with van der Waals surface area (Å²) in [6, 6.07) is 12.8. The highest BCUT2D eigenvalue weighted by atomic mass is 32.1. The van der Waals surface area contributed by atoms with Crippen molar-refractivity contribution in [3.8, 4) is 0 Å². The van der Waals surface area contributed by atoms with Crippen LogP contribution in [0.3, 0.4) is 0 Å². The van der Waals surface area contributed by atoms with E-state index in [1.165, 1.54) is 19.4 Å². The molecule has 0 heterocycles. The molecule has 7 heteroatoms. The minimum atomic E-state index is -0.410. The van der Waals surface area contributed by atoms with Gasteiger partial charge in [0.1, 0.15) is 5.82 Å². The molecule has 23 heavy (non-hydrogen) atoms. The number of nitrogens with one attached hydrogen (secondary N) is 2. The van der Waals surface area contributed by atoms with E-state index in [4.69, 9.17) is 12.2 Å². The van der Waals surface area contributed by atoms with Gasteiger partial charge in [-0.15, -0.1) is 0 Å². The standard InChI is InChI=1S/C16H14FN3O2S/c1-22-15(21)11-6-8-13(9-7-11)19-16(23)20-18-10-12-4-2-3-5-14(12)17/h2-10H,1H3,(H2,19,20,23)/b18-10+. The van der Waals surface area contributed by atoms with Crippen LogP contribution in [0.4, 0.5) is 10.1 Å². The molecule has 118 valence electrons. The zero-order valence-electron chi connectivity index (χ0n) is 12.2. The van der Waals surface area contributed by atoms with Crippen molar-refractivity contribution in [1.82, 2.24) is 5.43 Å². The predicted molar refractivity (Wildman–Crippen MR) is 91.1 cm³/mol. The zero-order valence-corrected chi connectivity index (χ0v) is 13.1. The van der Waals surface area contributed by atoms with Crippen LogP contribution in [0, 0.1) is 5.82 Å². The van der Waals surface area contributed by atoms with Gasteiger partial charge in [-0.3, -0.25) is 5.43 Å². The minimum absolute atomic E-state index is 0.239. The number of anilines is 1. The predicted octanol–water partition coefficient (Wildman–Crippen LogP) is 2.93. The lowest BCUT2D eigenvalue weighted by molar-refractivity contribution is 0.0601. The fourth-order valence-electron chi connectivity index (χ4n) is 1.71. The molecule has 0 aliphatic carbocycles. The molecule has 0 atom stereocenters. The van der Waals surface area contributed by atoms with Crippen molar-refractivity contribution in [1.29, 1.82) is 0 Å². The molecule has 0 bridgehead atoms. The maximum absolute atomic E-state index is 13.4. The smallest absolute Gasteiger partial charge is 0.337 e. The summed E-state index contributed by atoms with van der Waals surface area (Å²) in [5.74, 6) is -0.776. The van der Waals surface area contributed by atoms with E-state index in [1.54, 1.807) is 42.5 Å². The maximum atomic E-state index is 13.4. The van der Waals surface area contributed by atoms with Gasteiger partial charge >= 0.3 is 5.97 Å². The van der Waals surface area contributed by atoms with Crippen molar-refractivity contribution in [3.63, 3.8) is 0 Å². The molecule has 0 aliphatic heterocycles. The summed E-state index contributed by atoms with van der Waals surface area (Å²) in [6.07, 6.45) is 1.34. The molecule has 2 aromatic rings. The van der Waals surface area contributed by atoms with Crippen LogP contribution < -0.4 is 10.7 Å².